The third kappa shape index (κ3) is 5.29. The van der Waals surface area contributed by atoms with Gasteiger partial charge >= 0.3 is 0 Å². The average molecular weight is 805 g/mol. The molecule has 2 heteroatoms. The maximum Gasteiger partial charge on any atom is 0.0645 e. The summed E-state index contributed by atoms with van der Waals surface area (Å²) in [6.45, 7) is 8.87. The summed E-state index contributed by atoms with van der Waals surface area (Å²) < 4.78 is 89.0. The van der Waals surface area contributed by atoms with Gasteiger partial charge in [-0.15, -0.1) is 0 Å². The minimum Gasteiger partial charge on any atom is -0.310 e. The second-order valence-electron chi connectivity index (χ2n) is 17.4. The van der Waals surface area contributed by atoms with Gasteiger partial charge in [-0.3, -0.25) is 0 Å². The summed E-state index contributed by atoms with van der Waals surface area (Å²) in [6, 6.07) is 45.1. The Bertz CT molecular complexity index is 3960. The lowest BCUT2D eigenvalue weighted by Gasteiger charge is -2.30. The molecule has 0 heterocycles. The van der Waals surface area contributed by atoms with E-state index in [9.17, 15) is 5.48 Å². The van der Waals surface area contributed by atoms with Crippen molar-refractivity contribution in [2.45, 2.75) is 38.5 Å². The van der Waals surface area contributed by atoms with Gasteiger partial charge in [-0.2, -0.15) is 0 Å². The molecule has 2 aliphatic carbocycles. The zero-order valence-corrected chi connectivity index (χ0v) is 34.8. The number of hydrogen-bond donors (Lipinski definition) is 0. The Kier molecular flexibility index (Phi) is 5.99. The van der Waals surface area contributed by atoms with Crippen LogP contribution in [-0.4, -0.2) is 0 Å². The van der Waals surface area contributed by atoms with Gasteiger partial charge in [-0.25, -0.2) is 0 Å². The van der Waals surface area contributed by atoms with Gasteiger partial charge in [-0.1, -0.05) is 167 Å². The molecule has 0 N–H and O–H groups in total. The van der Waals surface area contributed by atoms with Crippen LogP contribution in [0.25, 0.3) is 54.6 Å². The van der Waals surface area contributed by atoms with Crippen LogP contribution in [0, 0.1) is 0 Å². The van der Waals surface area contributed by atoms with Crippen molar-refractivity contribution in [3.63, 3.8) is 0 Å². The van der Waals surface area contributed by atoms with Gasteiger partial charge in [0.25, 0.3) is 0 Å². The molecule has 0 aliphatic heterocycles. The zero-order valence-electron chi connectivity index (χ0n) is 44.8. The van der Waals surface area contributed by atoms with E-state index in [0.29, 0.717) is 22.7 Å². The number of benzene rings is 10. The van der Waals surface area contributed by atoms with Crippen molar-refractivity contribution >= 4 is 66.4 Å². The Hall–Kier alpha value is -7.42. The van der Waals surface area contributed by atoms with Crippen LogP contribution in [0.3, 0.4) is 0 Å². The van der Waals surface area contributed by atoms with E-state index in [-0.39, 0.29) is 35.5 Å². The summed E-state index contributed by atoms with van der Waals surface area (Å²) in [7, 11) is 0. The minimum atomic E-state index is -0.568. The quantitative estimate of drug-likeness (QED) is 0.165. The third-order valence-electron chi connectivity index (χ3n) is 13.4. The highest BCUT2D eigenvalue weighted by Gasteiger charge is 2.43. The topological polar surface area (TPSA) is 6.48 Å². The van der Waals surface area contributed by atoms with Crippen LogP contribution in [0.5, 0.6) is 0 Å². The summed E-state index contributed by atoms with van der Waals surface area (Å²) in [5.74, 6) is 0. The summed E-state index contributed by atoms with van der Waals surface area (Å²) in [6.07, 6.45) is 0. The Morgan fingerprint density at radius 1 is 0.355 bits per heavy atom. The van der Waals surface area contributed by atoms with Gasteiger partial charge in [0.1, 0.15) is 0 Å². The van der Waals surface area contributed by atoms with E-state index in [0.717, 1.165) is 76.8 Å². The molecule has 0 amide bonds. The van der Waals surface area contributed by atoms with Gasteiger partial charge in [-0.05, 0) is 127 Å². The standard InChI is InChI=1S/C60H46N2/c1-59(2)51-35-43(61(41-23-7-5-8-24-41)55-31-17-21-39-19-11-13-27-44(39)55)33-34-46(51)49-36-53-50(37-52(49)59)58-48-30-16-15-29-47(48)57(38-54(58)60(53,3)4)62(42-25-9-6-10-26-42)56-32-18-22-40-20-12-14-28-45(40)56/h5-38H,1-4H3/i5D,6D,7D,8D,9D,10D,23D,24D,25D,26D. The number of hydrogen-bond acceptors (Lipinski definition) is 2. The maximum absolute atomic E-state index is 9.33. The predicted octanol–water partition coefficient (Wildman–Crippen LogP) is 16.7. The van der Waals surface area contributed by atoms with Gasteiger partial charge in [0.15, 0.2) is 0 Å². The Labute approximate surface area is 378 Å². The SMILES string of the molecule is [2H]c1c([2H])c([2H])c(N(c2ccc3c(c2)C(C)(C)c2cc4c(cc2-3)C(C)(C)c2cc(N(c3c([2H])c([2H])c([2H])c([2H])c3[2H])c3cccc5ccccc35)c3ccccc3c2-4)c2cccc3ccccc23)c([2H])c1[2H]. The normalized spacial score (nSPS) is 16.3. The number of anilines is 6. The van der Waals surface area contributed by atoms with Crippen LogP contribution in [0.2, 0.25) is 0 Å². The summed E-state index contributed by atoms with van der Waals surface area (Å²) >= 11 is 0. The van der Waals surface area contributed by atoms with Crippen molar-refractivity contribution in [1.82, 2.24) is 0 Å². The predicted molar refractivity (Wildman–Crippen MR) is 263 cm³/mol. The first-order valence-electron chi connectivity index (χ1n) is 26.0. The first-order chi connectivity index (χ1) is 34.4. The largest absolute Gasteiger partial charge is 0.310 e. The molecule has 0 aromatic heterocycles. The number of nitrogens with zero attached hydrogens (tertiary/aromatic N) is 2. The fraction of sp³-hybridized carbons (Fsp3) is 0.100. The highest BCUT2D eigenvalue weighted by Crippen LogP contribution is 2.59. The highest BCUT2D eigenvalue weighted by molar-refractivity contribution is 6.12. The number of rotatable bonds is 6. The molecule has 0 unspecified atom stereocenters. The second-order valence-corrected chi connectivity index (χ2v) is 17.4. The van der Waals surface area contributed by atoms with Crippen molar-refractivity contribution in [2.75, 3.05) is 9.80 Å². The summed E-state index contributed by atoms with van der Waals surface area (Å²) in [5.41, 5.74) is 10.4. The van der Waals surface area contributed by atoms with E-state index < -0.39 is 47.1 Å². The Morgan fingerprint density at radius 2 is 0.839 bits per heavy atom. The van der Waals surface area contributed by atoms with Crippen LogP contribution >= 0.6 is 0 Å². The van der Waals surface area contributed by atoms with E-state index >= 15 is 0 Å². The summed E-state index contributed by atoms with van der Waals surface area (Å²) in [4.78, 5) is 3.68. The van der Waals surface area contributed by atoms with E-state index in [1.54, 1.807) is 0 Å². The van der Waals surface area contributed by atoms with E-state index in [1.165, 1.54) is 0 Å². The van der Waals surface area contributed by atoms with Gasteiger partial charge in [0.2, 0.25) is 0 Å². The highest BCUT2D eigenvalue weighted by atomic mass is 15.2. The maximum atomic E-state index is 9.33. The molecule has 0 fully saturated rings. The fourth-order valence-corrected chi connectivity index (χ4v) is 10.4. The molecule has 10 aromatic carbocycles. The Morgan fingerprint density at radius 3 is 1.48 bits per heavy atom. The fourth-order valence-electron chi connectivity index (χ4n) is 10.4. The van der Waals surface area contributed by atoms with Crippen LogP contribution in [0.1, 0.15) is 63.7 Å². The van der Waals surface area contributed by atoms with Crippen molar-refractivity contribution in [1.29, 1.82) is 0 Å². The first-order valence-corrected chi connectivity index (χ1v) is 21.0. The lowest BCUT2D eigenvalue weighted by molar-refractivity contribution is 0.652. The monoisotopic (exact) mass is 804 g/mol. The van der Waals surface area contributed by atoms with E-state index in [2.05, 4.69) is 70.2 Å². The van der Waals surface area contributed by atoms with Crippen LogP contribution in [0.15, 0.2) is 206 Å². The van der Waals surface area contributed by atoms with Crippen molar-refractivity contribution in [2.24, 2.45) is 0 Å². The Balaban J connectivity index is 1.07. The van der Waals surface area contributed by atoms with Crippen LogP contribution in [0.4, 0.5) is 34.1 Å². The lowest BCUT2D eigenvalue weighted by Crippen LogP contribution is -2.18. The molecule has 0 bridgehead atoms. The van der Waals surface area contributed by atoms with Crippen molar-refractivity contribution in [3.8, 4) is 22.3 Å². The molecule has 0 saturated carbocycles. The minimum absolute atomic E-state index is 0.0677. The number of fused-ring (bicyclic) bond motifs is 10. The molecular weight excluding hydrogens is 749 g/mol. The van der Waals surface area contributed by atoms with Crippen LogP contribution < -0.4 is 9.80 Å². The molecular formula is C60H46N2. The van der Waals surface area contributed by atoms with E-state index in [1.807, 2.05) is 113 Å². The van der Waals surface area contributed by atoms with E-state index in [4.69, 9.17) is 8.22 Å². The number of para-hydroxylation sites is 2. The second kappa shape index (κ2) is 13.5. The molecule has 0 spiro atoms. The summed E-state index contributed by atoms with van der Waals surface area (Å²) in [5, 5.41) is 5.46. The van der Waals surface area contributed by atoms with Crippen molar-refractivity contribution in [3.05, 3.63) is 228 Å². The molecule has 0 radical (unpaired) electrons. The van der Waals surface area contributed by atoms with Gasteiger partial charge in [0, 0.05) is 44.1 Å². The molecule has 12 rings (SSSR count). The molecule has 0 saturated heterocycles. The first kappa shape index (κ1) is 27.4. The molecule has 62 heavy (non-hydrogen) atoms. The average Bonchev–Trinajstić information content (AvgIpc) is 3.75. The van der Waals surface area contributed by atoms with Gasteiger partial charge < -0.3 is 9.80 Å². The lowest BCUT2D eigenvalue weighted by atomic mass is 9.79. The van der Waals surface area contributed by atoms with Crippen LogP contribution in [-0.2, 0) is 10.8 Å². The molecule has 2 aliphatic rings. The third-order valence-corrected chi connectivity index (χ3v) is 13.4. The molecule has 296 valence electrons. The molecule has 2 nitrogen and oxygen atoms in total. The van der Waals surface area contributed by atoms with Gasteiger partial charge in [0.05, 0.1) is 30.8 Å². The molecule has 0 atom stereocenters. The molecule has 10 aromatic rings. The zero-order chi connectivity index (χ0) is 50.4. The smallest absolute Gasteiger partial charge is 0.0645 e. The van der Waals surface area contributed by atoms with Crippen molar-refractivity contribution < 1.29 is 13.7 Å².